The molecule has 2 heterocycles. The van der Waals surface area contributed by atoms with Crippen molar-refractivity contribution < 1.29 is 0 Å². The van der Waals surface area contributed by atoms with Crippen molar-refractivity contribution in [2.24, 2.45) is 11.8 Å². The molecule has 2 fully saturated rings. The smallest absolute Gasteiger partial charge is 0.0624 e. The molecular weight excluding hydrogens is 210 g/mol. The van der Waals surface area contributed by atoms with Gasteiger partial charge >= 0.3 is 0 Å². The molecule has 0 spiro atoms. The monoisotopic (exact) mass is 239 g/mol. The normalized spacial score (nSPS) is 36.0. The van der Waals surface area contributed by atoms with Crippen molar-refractivity contribution in [3.05, 3.63) is 0 Å². The summed E-state index contributed by atoms with van der Waals surface area (Å²) in [6.07, 6.45) is 5.08. The highest BCUT2D eigenvalue weighted by Crippen LogP contribution is 2.22. The van der Waals surface area contributed by atoms with Crippen molar-refractivity contribution in [1.29, 1.82) is 0 Å². The van der Waals surface area contributed by atoms with Crippen LogP contribution in [-0.4, -0.2) is 36.4 Å². The first-order chi connectivity index (χ1) is 8.08. The Hall–Kier alpha value is -0.120. The van der Waals surface area contributed by atoms with E-state index in [1.54, 1.807) is 0 Å². The third-order valence-corrected chi connectivity index (χ3v) is 4.30. The molecule has 2 aliphatic heterocycles. The highest BCUT2D eigenvalue weighted by Gasteiger charge is 2.34. The molecule has 2 aliphatic rings. The Morgan fingerprint density at radius 2 is 1.59 bits per heavy atom. The summed E-state index contributed by atoms with van der Waals surface area (Å²) in [5.41, 5.74) is 0. The van der Waals surface area contributed by atoms with Gasteiger partial charge in [-0.25, -0.2) is 0 Å². The van der Waals surface area contributed by atoms with Gasteiger partial charge < -0.3 is 0 Å². The lowest BCUT2D eigenvalue weighted by atomic mass is 9.94. The molecule has 2 rings (SSSR count). The number of likely N-dealkylation sites (tertiary alicyclic amines) is 1. The maximum atomic E-state index is 3.79. The molecule has 3 atom stereocenters. The first kappa shape index (κ1) is 13.3. The number of nitrogens with one attached hydrogen (secondary N) is 2. The van der Waals surface area contributed by atoms with Crippen LogP contribution in [0.2, 0.25) is 0 Å². The molecule has 0 aliphatic carbocycles. The van der Waals surface area contributed by atoms with Crippen LogP contribution >= 0.6 is 0 Å². The highest BCUT2D eigenvalue weighted by molar-refractivity contribution is 4.90. The summed E-state index contributed by atoms with van der Waals surface area (Å²) in [6, 6.07) is 0.661. The Balaban J connectivity index is 2.00. The van der Waals surface area contributed by atoms with Crippen molar-refractivity contribution in [1.82, 2.24) is 15.5 Å². The van der Waals surface area contributed by atoms with E-state index in [-0.39, 0.29) is 0 Å². The zero-order valence-corrected chi connectivity index (χ0v) is 11.9. The van der Waals surface area contributed by atoms with E-state index in [4.69, 9.17) is 0 Å². The molecule has 3 nitrogen and oxygen atoms in total. The Labute approximate surface area is 106 Å². The molecule has 2 N–H and O–H groups in total. The number of nitrogens with zero attached hydrogens (tertiary/aromatic N) is 1. The summed E-state index contributed by atoms with van der Waals surface area (Å²) >= 11 is 0. The zero-order valence-electron chi connectivity index (χ0n) is 11.9. The molecule has 0 amide bonds. The minimum atomic E-state index is 0.474. The second-order valence-electron chi connectivity index (χ2n) is 6.40. The van der Waals surface area contributed by atoms with Gasteiger partial charge in [-0.15, -0.1) is 0 Å². The summed E-state index contributed by atoms with van der Waals surface area (Å²) in [5, 5.41) is 7.56. The predicted octanol–water partition coefficient (Wildman–Crippen LogP) is 2.00. The Bertz CT molecular complexity index is 218. The van der Waals surface area contributed by atoms with Crippen molar-refractivity contribution >= 4 is 0 Å². The fourth-order valence-corrected chi connectivity index (χ4v) is 3.02. The van der Waals surface area contributed by atoms with Crippen LogP contribution in [0.1, 0.15) is 47.0 Å². The SMILES string of the molecule is CC(C)C1CC(N2CCCC2)NC(C(C)C)N1. The van der Waals surface area contributed by atoms with Crippen LogP contribution in [0.15, 0.2) is 0 Å². The molecule has 0 aromatic carbocycles. The lowest BCUT2D eigenvalue weighted by molar-refractivity contribution is 0.0817. The van der Waals surface area contributed by atoms with Crippen LogP contribution < -0.4 is 10.6 Å². The third kappa shape index (κ3) is 3.21. The predicted molar refractivity (Wildman–Crippen MR) is 72.7 cm³/mol. The molecule has 0 bridgehead atoms. The fourth-order valence-electron chi connectivity index (χ4n) is 3.02. The van der Waals surface area contributed by atoms with E-state index in [0.29, 0.717) is 24.3 Å². The largest absolute Gasteiger partial charge is 0.298 e. The fraction of sp³-hybridized carbons (Fsp3) is 1.00. The zero-order chi connectivity index (χ0) is 12.4. The van der Waals surface area contributed by atoms with Gasteiger partial charge in [0.1, 0.15) is 0 Å². The van der Waals surface area contributed by atoms with Crippen LogP contribution in [0.25, 0.3) is 0 Å². The van der Waals surface area contributed by atoms with Crippen LogP contribution in [-0.2, 0) is 0 Å². The van der Waals surface area contributed by atoms with Crippen LogP contribution in [0, 0.1) is 11.8 Å². The first-order valence-electron chi connectivity index (χ1n) is 7.34. The van der Waals surface area contributed by atoms with Crippen LogP contribution in [0.3, 0.4) is 0 Å². The molecule has 17 heavy (non-hydrogen) atoms. The van der Waals surface area contributed by atoms with E-state index in [1.165, 1.54) is 32.4 Å². The van der Waals surface area contributed by atoms with Gasteiger partial charge in [-0.3, -0.25) is 15.5 Å². The maximum Gasteiger partial charge on any atom is 0.0624 e. The van der Waals surface area contributed by atoms with Crippen molar-refractivity contribution in [3.63, 3.8) is 0 Å². The molecule has 2 saturated heterocycles. The first-order valence-corrected chi connectivity index (χ1v) is 7.34. The minimum Gasteiger partial charge on any atom is -0.298 e. The topological polar surface area (TPSA) is 27.3 Å². The number of rotatable bonds is 3. The molecule has 0 radical (unpaired) electrons. The van der Waals surface area contributed by atoms with Gasteiger partial charge in [-0.2, -0.15) is 0 Å². The lowest BCUT2D eigenvalue weighted by Crippen LogP contribution is -2.65. The Morgan fingerprint density at radius 3 is 2.12 bits per heavy atom. The van der Waals surface area contributed by atoms with Gasteiger partial charge in [0.05, 0.1) is 12.3 Å². The van der Waals surface area contributed by atoms with Crippen LogP contribution in [0.5, 0.6) is 0 Å². The minimum absolute atomic E-state index is 0.474. The number of hydrogen-bond acceptors (Lipinski definition) is 3. The summed E-state index contributed by atoms with van der Waals surface area (Å²) in [4.78, 5) is 2.64. The van der Waals surface area contributed by atoms with E-state index in [2.05, 4.69) is 43.2 Å². The molecular formula is C14H29N3. The second kappa shape index (κ2) is 5.68. The van der Waals surface area contributed by atoms with Crippen LogP contribution in [0.4, 0.5) is 0 Å². The third-order valence-electron chi connectivity index (χ3n) is 4.30. The highest BCUT2D eigenvalue weighted by atomic mass is 15.3. The summed E-state index contributed by atoms with van der Waals surface area (Å²) in [7, 11) is 0. The van der Waals surface area contributed by atoms with Gasteiger partial charge in [0.2, 0.25) is 0 Å². The van der Waals surface area contributed by atoms with Gasteiger partial charge in [0.15, 0.2) is 0 Å². The molecule has 0 aromatic heterocycles. The second-order valence-corrected chi connectivity index (χ2v) is 6.40. The summed E-state index contributed by atoms with van der Waals surface area (Å²) in [5.74, 6) is 1.38. The van der Waals surface area contributed by atoms with E-state index < -0.39 is 0 Å². The standard InChI is InChI=1S/C14H29N3/c1-10(2)12-9-13(17-7-5-6-8-17)16-14(15-12)11(3)4/h10-16H,5-9H2,1-4H3. The average molecular weight is 239 g/mol. The summed E-state index contributed by atoms with van der Waals surface area (Å²) in [6.45, 7) is 11.8. The molecule has 3 heteroatoms. The van der Waals surface area contributed by atoms with Gasteiger partial charge in [0.25, 0.3) is 0 Å². The quantitative estimate of drug-likeness (QED) is 0.789. The van der Waals surface area contributed by atoms with Crippen molar-refractivity contribution in [2.75, 3.05) is 13.1 Å². The Morgan fingerprint density at radius 1 is 0.941 bits per heavy atom. The maximum absolute atomic E-state index is 3.79. The van der Waals surface area contributed by atoms with E-state index in [1.807, 2.05) is 0 Å². The van der Waals surface area contributed by atoms with E-state index >= 15 is 0 Å². The van der Waals surface area contributed by atoms with E-state index in [0.717, 1.165) is 5.92 Å². The van der Waals surface area contributed by atoms with E-state index in [9.17, 15) is 0 Å². The molecule has 100 valence electrons. The molecule has 0 aromatic rings. The summed E-state index contributed by atoms with van der Waals surface area (Å²) < 4.78 is 0. The lowest BCUT2D eigenvalue weighted by Gasteiger charge is -2.44. The average Bonchev–Trinajstić information content (AvgIpc) is 2.81. The molecule has 0 saturated carbocycles. The Kier molecular flexibility index (Phi) is 4.45. The number of hydrogen-bond donors (Lipinski definition) is 2. The van der Waals surface area contributed by atoms with Gasteiger partial charge in [0, 0.05) is 6.04 Å². The van der Waals surface area contributed by atoms with Crippen molar-refractivity contribution in [2.45, 2.75) is 65.3 Å². The molecule has 3 unspecified atom stereocenters. The van der Waals surface area contributed by atoms with Gasteiger partial charge in [-0.05, 0) is 44.2 Å². The van der Waals surface area contributed by atoms with Gasteiger partial charge in [-0.1, -0.05) is 27.7 Å². The van der Waals surface area contributed by atoms with Crippen molar-refractivity contribution in [3.8, 4) is 0 Å².